The summed E-state index contributed by atoms with van der Waals surface area (Å²) in [6.45, 7) is 0.698. The van der Waals surface area contributed by atoms with Gasteiger partial charge in [0.15, 0.2) is 0 Å². The van der Waals surface area contributed by atoms with Gasteiger partial charge >= 0.3 is 0 Å². The Hall–Kier alpha value is -3.43. The summed E-state index contributed by atoms with van der Waals surface area (Å²) in [6.07, 6.45) is 0.690. The third-order valence-electron chi connectivity index (χ3n) is 7.10. The number of rotatable bonds is 5. The van der Waals surface area contributed by atoms with Gasteiger partial charge in [-0.1, -0.05) is 48.5 Å². The Bertz CT molecular complexity index is 1370. The summed E-state index contributed by atoms with van der Waals surface area (Å²) in [5, 5.41) is 4.43. The molecule has 2 aliphatic rings. The molecular formula is C26H28N4O4S. The fraction of sp³-hybridized carbons (Fsp3) is 0.308. The van der Waals surface area contributed by atoms with Crippen molar-refractivity contribution in [2.45, 2.75) is 23.3 Å². The van der Waals surface area contributed by atoms with Crippen LogP contribution >= 0.6 is 0 Å². The second kappa shape index (κ2) is 8.98. The van der Waals surface area contributed by atoms with Crippen molar-refractivity contribution in [1.82, 2.24) is 14.5 Å². The van der Waals surface area contributed by atoms with Crippen LogP contribution in [0, 0.1) is 0 Å². The molecule has 5 rings (SSSR count). The first kappa shape index (κ1) is 23.3. The molecule has 182 valence electrons. The van der Waals surface area contributed by atoms with E-state index in [1.54, 1.807) is 24.1 Å². The minimum absolute atomic E-state index is 0.0283. The highest BCUT2D eigenvalue weighted by molar-refractivity contribution is 7.89. The smallest absolute Gasteiger partial charge is 0.250 e. The van der Waals surface area contributed by atoms with Crippen molar-refractivity contribution in [1.29, 1.82) is 0 Å². The first-order chi connectivity index (χ1) is 16.8. The van der Waals surface area contributed by atoms with Gasteiger partial charge in [-0.2, -0.15) is 4.31 Å². The molecule has 0 atom stereocenters. The Morgan fingerprint density at radius 3 is 2.29 bits per heavy atom. The van der Waals surface area contributed by atoms with E-state index in [-0.39, 0.29) is 43.0 Å². The van der Waals surface area contributed by atoms with Gasteiger partial charge in [-0.15, -0.1) is 0 Å². The number of piperidine rings is 1. The predicted octanol–water partition coefficient (Wildman–Crippen LogP) is 2.42. The van der Waals surface area contributed by atoms with Gasteiger partial charge in [0.05, 0.1) is 11.6 Å². The Morgan fingerprint density at radius 2 is 1.60 bits per heavy atom. The van der Waals surface area contributed by atoms with Gasteiger partial charge in [0.1, 0.15) is 12.1 Å². The average Bonchev–Trinajstić information content (AvgIpc) is 3.15. The van der Waals surface area contributed by atoms with Gasteiger partial charge in [-0.25, -0.2) is 8.42 Å². The molecule has 2 aliphatic heterocycles. The summed E-state index contributed by atoms with van der Waals surface area (Å²) in [5.41, 5.74) is -0.00351. The highest BCUT2D eigenvalue weighted by atomic mass is 32.2. The zero-order valence-corrected chi connectivity index (χ0v) is 20.4. The van der Waals surface area contributed by atoms with Crippen molar-refractivity contribution in [2.75, 3.05) is 38.3 Å². The fourth-order valence-electron chi connectivity index (χ4n) is 5.15. The molecule has 2 fully saturated rings. The van der Waals surface area contributed by atoms with Gasteiger partial charge in [-0.3, -0.25) is 9.59 Å². The normalized spacial score (nSPS) is 18.4. The van der Waals surface area contributed by atoms with E-state index in [1.807, 2.05) is 65.6 Å². The number of nitrogens with zero attached hydrogens (tertiary/aromatic N) is 3. The molecule has 2 heterocycles. The van der Waals surface area contributed by atoms with Crippen molar-refractivity contribution in [3.63, 3.8) is 0 Å². The number of benzene rings is 3. The van der Waals surface area contributed by atoms with E-state index in [0.29, 0.717) is 12.8 Å². The first-order valence-electron chi connectivity index (χ1n) is 11.7. The van der Waals surface area contributed by atoms with E-state index >= 15 is 0 Å². The molecule has 1 N–H and O–H groups in total. The van der Waals surface area contributed by atoms with Crippen molar-refractivity contribution >= 4 is 38.3 Å². The van der Waals surface area contributed by atoms with Gasteiger partial charge in [-0.05, 0) is 47.9 Å². The van der Waals surface area contributed by atoms with Gasteiger partial charge in [0, 0.05) is 25.8 Å². The Morgan fingerprint density at radius 1 is 0.943 bits per heavy atom. The number of nitrogens with one attached hydrogen (secondary N) is 1. The maximum atomic E-state index is 13.6. The van der Waals surface area contributed by atoms with Crippen LogP contribution in [0.4, 0.5) is 5.69 Å². The molecular weight excluding hydrogens is 464 g/mol. The van der Waals surface area contributed by atoms with Crippen LogP contribution in [0.2, 0.25) is 0 Å². The van der Waals surface area contributed by atoms with E-state index in [9.17, 15) is 18.0 Å². The Kier molecular flexibility index (Phi) is 5.98. The van der Waals surface area contributed by atoms with Gasteiger partial charge in [0.2, 0.25) is 21.8 Å². The Labute approximate surface area is 205 Å². The number of hydrogen-bond donors (Lipinski definition) is 1. The van der Waals surface area contributed by atoms with Crippen LogP contribution in [-0.4, -0.2) is 68.3 Å². The molecule has 0 bridgehead atoms. The number of anilines is 1. The maximum Gasteiger partial charge on any atom is 0.250 e. The standard InChI is InChI=1S/C26H28N4O4S/c1-27-24(31)18-28-19-30(22-9-3-2-4-10-22)26(25(28)32)13-15-29(16-14-26)35(33,34)23-12-11-20-7-5-6-8-21(20)17-23/h2-12,17H,13-16,18-19H2,1H3,(H,27,31). The van der Waals surface area contributed by atoms with Crippen LogP contribution in [0.25, 0.3) is 10.8 Å². The maximum absolute atomic E-state index is 13.6. The highest BCUT2D eigenvalue weighted by Gasteiger charge is 2.55. The summed E-state index contributed by atoms with van der Waals surface area (Å²) in [7, 11) is -2.16. The van der Waals surface area contributed by atoms with Crippen LogP contribution in [0.1, 0.15) is 12.8 Å². The second-order valence-electron chi connectivity index (χ2n) is 9.03. The number of fused-ring (bicyclic) bond motifs is 1. The molecule has 0 aromatic heterocycles. The summed E-state index contributed by atoms with van der Waals surface area (Å²) in [5.74, 6) is -0.368. The van der Waals surface area contributed by atoms with Crippen molar-refractivity contribution in [2.24, 2.45) is 0 Å². The molecule has 2 amide bonds. The van der Waals surface area contributed by atoms with Crippen LogP contribution < -0.4 is 10.2 Å². The van der Waals surface area contributed by atoms with Crippen molar-refractivity contribution in [3.05, 3.63) is 72.8 Å². The van der Waals surface area contributed by atoms with E-state index in [4.69, 9.17) is 0 Å². The lowest BCUT2D eigenvalue weighted by Gasteiger charge is -2.42. The van der Waals surface area contributed by atoms with Crippen molar-refractivity contribution in [3.8, 4) is 0 Å². The molecule has 0 saturated carbocycles. The summed E-state index contributed by atoms with van der Waals surface area (Å²) < 4.78 is 28.4. The van der Waals surface area contributed by atoms with E-state index in [1.165, 1.54) is 4.31 Å². The summed E-state index contributed by atoms with van der Waals surface area (Å²) in [6, 6.07) is 22.4. The highest BCUT2D eigenvalue weighted by Crippen LogP contribution is 2.40. The molecule has 8 nitrogen and oxygen atoms in total. The number of hydrogen-bond acceptors (Lipinski definition) is 5. The molecule has 0 unspecified atom stereocenters. The zero-order chi connectivity index (χ0) is 24.6. The molecule has 0 radical (unpaired) electrons. The lowest BCUT2D eigenvalue weighted by molar-refractivity contribution is -0.136. The molecule has 3 aromatic rings. The monoisotopic (exact) mass is 492 g/mol. The molecule has 1 spiro atoms. The molecule has 35 heavy (non-hydrogen) atoms. The number of carbonyl (C=O) groups is 2. The lowest BCUT2D eigenvalue weighted by Crippen LogP contribution is -2.57. The largest absolute Gasteiger partial charge is 0.358 e. The number of carbonyl (C=O) groups excluding carboxylic acids is 2. The first-order valence-corrected chi connectivity index (χ1v) is 13.1. The number of likely N-dealkylation sites (N-methyl/N-ethyl adjacent to an activating group) is 1. The van der Waals surface area contributed by atoms with Crippen LogP contribution in [-0.2, 0) is 19.6 Å². The van der Waals surface area contributed by atoms with Gasteiger partial charge in [0.25, 0.3) is 0 Å². The quantitative estimate of drug-likeness (QED) is 0.591. The topological polar surface area (TPSA) is 90.0 Å². The third kappa shape index (κ3) is 4.04. The minimum atomic E-state index is -3.71. The third-order valence-corrected chi connectivity index (χ3v) is 9.00. The van der Waals surface area contributed by atoms with Crippen molar-refractivity contribution < 1.29 is 18.0 Å². The Balaban J connectivity index is 1.42. The molecule has 9 heteroatoms. The summed E-state index contributed by atoms with van der Waals surface area (Å²) in [4.78, 5) is 29.5. The second-order valence-corrected chi connectivity index (χ2v) is 11.0. The average molecular weight is 493 g/mol. The van der Waals surface area contributed by atoms with E-state index in [2.05, 4.69) is 5.32 Å². The predicted molar refractivity (Wildman–Crippen MR) is 134 cm³/mol. The summed E-state index contributed by atoms with van der Waals surface area (Å²) >= 11 is 0. The SMILES string of the molecule is CNC(=O)CN1CN(c2ccccc2)C2(CCN(S(=O)(=O)c3ccc4ccccc4c3)CC2)C1=O. The van der Waals surface area contributed by atoms with Crippen LogP contribution in [0.5, 0.6) is 0 Å². The molecule has 0 aliphatic carbocycles. The minimum Gasteiger partial charge on any atom is -0.358 e. The van der Waals surface area contributed by atoms with Gasteiger partial charge < -0.3 is 15.1 Å². The number of amides is 2. The molecule has 2 saturated heterocycles. The zero-order valence-electron chi connectivity index (χ0n) is 19.6. The number of sulfonamides is 1. The fourth-order valence-corrected chi connectivity index (χ4v) is 6.63. The molecule has 3 aromatic carbocycles. The van der Waals surface area contributed by atoms with E-state index in [0.717, 1.165) is 16.5 Å². The number of para-hydroxylation sites is 1. The lowest BCUT2D eigenvalue weighted by atomic mass is 9.86. The van der Waals surface area contributed by atoms with E-state index < -0.39 is 15.6 Å². The van der Waals surface area contributed by atoms with Crippen LogP contribution in [0.15, 0.2) is 77.7 Å². The van der Waals surface area contributed by atoms with Crippen LogP contribution in [0.3, 0.4) is 0 Å².